The molecule has 1 aliphatic heterocycles. The quantitative estimate of drug-likeness (QED) is 0.580. The second-order valence-corrected chi connectivity index (χ2v) is 5.66. The zero-order valence-corrected chi connectivity index (χ0v) is 14.0. The molecule has 0 bridgehead atoms. The van der Waals surface area contributed by atoms with Crippen LogP contribution in [0.25, 0.3) is 16.6 Å². The number of aromatic nitrogens is 4. The van der Waals surface area contributed by atoms with Gasteiger partial charge in [-0.3, -0.25) is 4.98 Å². The van der Waals surface area contributed by atoms with Crippen LogP contribution in [0.5, 0.6) is 0 Å². The van der Waals surface area contributed by atoms with Gasteiger partial charge in [0.1, 0.15) is 5.52 Å². The van der Waals surface area contributed by atoms with E-state index in [0.29, 0.717) is 19.2 Å². The van der Waals surface area contributed by atoms with E-state index in [9.17, 15) is 0 Å². The molecule has 8 heteroatoms. The molecule has 1 saturated heterocycles. The van der Waals surface area contributed by atoms with E-state index >= 15 is 0 Å². The Bertz CT molecular complexity index is 885. The van der Waals surface area contributed by atoms with Crippen molar-refractivity contribution in [1.29, 1.82) is 0 Å². The van der Waals surface area contributed by atoms with Crippen LogP contribution in [0.15, 0.2) is 41.9 Å². The molecule has 0 radical (unpaired) electrons. The fourth-order valence-corrected chi connectivity index (χ4v) is 2.85. The second kappa shape index (κ2) is 6.86. The van der Waals surface area contributed by atoms with Gasteiger partial charge in [0.25, 0.3) is 5.95 Å². The van der Waals surface area contributed by atoms with Crippen molar-refractivity contribution in [2.24, 2.45) is 5.10 Å². The highest BCUT2D eigenvalue weighted by atomic mass is 16.5. The van der Waals surface area contributed by atoms with Crippen LogP contribution in [0.3, 0.4) is 0 Å². The molecule has 8 nitrogen and oxygen atoms in total. The van der Waals surface area contributed by atoms with Crippen LogP contribution >= 0.6 is 0 Å². The number of pyridine rings is 1. The van der Waals surface area contributed by atoms with E-state index in [-0.39, 0.29) is 0 Å². The lowest BCUT2D eigenvalue weighted by Gasteiger charge is -2.28. The third-order valence-corrected chi connectivity index (χ3v) is 4.04. The normalized spacial score (nSPS) is 15.2. The lowest BCUT2D eigenvalue weighted by molar-refractivity contribution is 0.122. The molecule has 0 amide bonds. The van der Waals surface area contributed by atoms with Crippen LogP contribution in [0, 0.1) is 0 Å². The van der Waals surface area contributed by atoms with Crippen LogP contribution in [0.1, 0.15) is 6.92 Å². The Morgan fingerprint density at radius 1 is 1.28 bits per heavy atom. The zero-order chi connectivity index (χ0) is 17.1. The van der Waals surface area contributed by atoms with Crippen LogP contribution in [0.2, 0.25) is 0 Å². The van der Waals surface area contributed by atoms with Crippen molar-refractivity contribution in [1.82, 2.24) is 19.6 Å². The molecule has 3 aromatic heterocycles. The van der Waals surface area contributed by atoms with Gasteiger partial charge in [-0.1, -0.05) is 6.07 Å². The van der Waals surface area contributed by atoms with E-state index in [0.717, 1.165) is 35.6 Å². The third kappa shape index (κ3) is 3.16. The van der Waals surface area contributed by atoms with Crippen molar-refractivity contribution >= 4 is 23.5 Å². The SMILES string of the molecule is C/C=N/Nc1nc(N2CCOCC2)c2cc(-c3cccnc3)cn2n1. The van der Waals surface area contributed by atoms with Crippen molar-refractivity contribution in [3.8, 4) is 11.1 Å². The van der Waals surface area contributed by atoms with Gasteiger partial charge >= 0.3 is 0 Å². The highest BCUT2D eigenvalue weighted by Crippen LogP contribution is 2.28. The molecule has 1 N–H and O–H groups in total. The first-order valence-corrected chi connectivity index (χ1v) is 8.22. The summed E-state index contributed by atoms with van der Waals surface area (Å²) >= 11 is 0. The fourth-order valence-electron chi connectivity index (χ4n) is 2.85. The molecular formula is C17H19N7O. The van der Waals surface area contributed by atoms with Gasteiger partial charge in [0.2, 0.25) is 0 Å². The number of nitrogens with one attached hydrogen (secondary N) is 1. The minimum absolute atomic E-state index is 0.459. The average molecular weight is 337 g/mol. The summed E-state index contributed by atoms with van der Waals surface area (Å²) in [7, 11) is 0. The van der Waals surface area contributed by atoms with Crippen LogP contribution in [-0.4, -0.2) is 52.1 Å². The van der Waals surface area contributed by atoms with Gasteiger partial charge in [-0.15, -0.1) is 5.10 Å². The number of hydrazone groups is 1. The maximum absolute atomic E-state index is 5.46. The van der Waals surface area contributed by atoms with Gasteiger partial charge < -0.3 is 9.64 Å². The topological polar surface area (TPSA) is 79.9 Å². The van der Waals surface area contributed by atoms with E-state index < -0.39 is 0 Å². The maximum Gasteiger partial charge on any atom is 0.263 e. The number of ether oxygens (including phenoxy) is 1. The predicted molar refractivity (Wildman–Crippen MR) is 97.0 cm³/mol. The van der Waals surface area contributed by atoms with Crippen molar-refractivity contribution in [3.63, 3.8) is 0 Å². The number of hydrogen-bond acceptors (Lipinski definition) is 7. The minimum atomic E-state index is 0.459. The predicted octanol–water partition coefficient (Wildman–Crippen LogP) is 2.05. The lowest BCUT2D eigenvalue weighted by Crippen LogP contribution is -2.37. The fraction of sp³-hybridized carbons (Fsp3) is 0.294. The van der Waals surface area contributed by atoms with Gasteiger partial charge in [0, 0.05) is 49.0 Å². The molecular weight excluding hydrogens is 318 g/mol. The molecule has 4 rings (SSSR count). The summed E-state index contributed by atoms with van der Waals surface area (Å²) in [5.74, 6) is 1.34. The molecule has 0 unspecified atom stereocenters. The average Bonchev–Trinajstić information content (AvgIpc) is 3.11. The Morgan fingerprint density at radius 3 is 2.92 bits per heavy atom. The van der Waals surface area contributed by atoms with E-state index in [1.807, 2.05) is 36.0 Å². The van der Waals surface area contributed by atoms with Gasteiger partial charge in [0.15, 0.2) is 5.82 Å². The van der Waals surface area contributed by atoms with Crippen molar-refractivity contribution in [3.05, 3.63) is 36.8 Å². The molecule has 1 aliphatic rings. The number of rotatable bonds is 4. The van der Waals surface area contributed by atoms with E-state index in [1.165, 1.54) is 0 Å². The van der Waals surface area contributed by atoms with Crippen molar-refractivity contribution < 1.29 is 4.74 Å². The van der Waals surface area contributed by atoms with Crippen molar-refractivity contribution in [2.75, 3.05) is 36.6 Å². The highest BCUT2D eigenvalue weighted by Gasteiger charge is 2.19. The molecule has 4 heterocycles. The summed E-state index contributed by atoms with van der Waals surface area (Å²) in [6.07, 6.45) is 7.26. The molecule has 3 aromatic rings. The summed E-state index contributed by atoms with van der Waals surface area (Å²) in [5.41, 5.74) is 5.91. The molecule has 25 heavy (non-hydrogen) atoms. The number of anilines is 2. The molecule has 1 fully saturated rings. The summed E-state index contributed by atoms with van der Waals surface area (Å²) in [6, 6.07) is 6.05. The maximum atomic E-state index is 5.46. The molecule has 0 saturated carbocycles. The zero-order valence-electron chi connectivity index (χ0n) is 14.0. The number of fused-ring (bicyclic) bond motifs is 1. The summed E-state index contributed by atoms with van der Waals surface area (Å²) in [4.78, 5) is 11.1. The van der Waals surface area contributed by atoms with Gasteiger partial charge in [-0.05, 0) is 19.1 Å². The first kappa shape index (κ1) is 15.5. The van der Waals surface area contributed by atoms with Gasteiger partial charge in [-0.2, -0.15) is 10.1 Å². The van der Waals surface area contributed by atoms with E-state index in [2.05, 4.69) is 36.6 Å². The first-order valence-electron chi connectivity index (χ1n) is 8.22. The monoisotopic (exact) mass is 337 g/mol. The molecule has 0 aromatic carbocycles. The Kier molecular flexibility index (Phi) is 4.26. The number of nitrogens with zero attached hydrogens (tertiary/aromatic N) is 6. The number of hydrogen-bond donors (Lipinski definition) is 1. The van der Waals surface area contributed by atoms with Gasteiger partial charge in [0.05, 0.1) is 13.2 Å². The summed E-state index contributed by atoms with van der Waals surface area (Å²) in [5, 5.41) is 8.55. The van der Waals surface area contributed by atoms with E-state index in [4.69, 9.17) is 4.74 Å². The minimum Gasteiger partial charge on any atom is -0.378 e. The van der Waals surface area contributed by atoms with Gasteiger partial charge in [-0.25, -0.2) is 9.94 Å². The molecule has 0 spiro atoms. The highest BCUT2D eigenvalue weighted by molar-refractivity contribution is 5.78. The van der Waals surface area contributed by atoms with Crippen LogP contribution in [0.4, 0.5) is 11.8 Å². The summed E-state index contributed by atoms with van der Waals surface area (Å²) in [6.45, 7) is 4.84. The Balaban J connectivity index is 1.82. The van der Waals surface area contributed by atoms with E-state index in [1.54, 1.807) is 12.4 Å². The smallest absolute Gasteiger partial charge is 0.263 e. The molecule has 128 valence electrons. The lowest BCUT2D eigenvalue weighted by atomic mass is 10.1. The Morgan fingerprint density at radius 2 is 2.16 bits per heavy atom. The largest absolute Gasteiger partial charge is 0.378 e. The summed E-state index contributed by atoms with van der Waals surface area (Å²) < 4.78 is 7.30. The van der Waals surface area contributed by atoms with Crippen LogP contribution in [-0.2, 0) is 4.74 Å². The second-order valence-electron chi connectivity index (χ2n) is 5.66. The van der Waals surface area contributed by atoms with Crippen LogP contribution < -0.4 is 10.3 Å². The van der Waals surface area contributed by atoms with Crippen molar-refractivity contribution in [2.45, 2.75) is 6.92 Å². The third-order valence-electron chi connectivity index (χ3n) is 4.04. The Labute approximate surface area is 145 Å². The molecule has 0 aliphatic carbocycles. The first-order chi connectivity index (χ1) is 12.3. The number of morpholine rings is 1. The Hall–Kier alpha value is -3.00. The standard InChI is InChI=1S/C17H19N7O/c1-2-19-21-17-20-16(23-6-8-25-9-7-23)15-10-14(12-24(15)22-17)13-4-3-5-18-11-13/h2-5,10-12H,6-9H2,1H3,(H,21,22)/b19-2+. The molecule has 0 atom stereocenters.